The first-order valence-corrected chi connectivity index (χ1v) is 4.43. The van der Waals surface area contributed by atoms with Gasteiger partial charge in [-0.1, -0.05) is 40.2 Å². The Bertz CT molecular complexity index is 125. The maximum Gasteiger partial charge on any atom is 0.0644 e. The summed E-state index contributed by atoms with van der Waals surface area (Å²) in [6, 6.07) is 0. The van der Waals surface area contributed by atoms with E-state index in [1.54, 1.807) is 0 Å². The molecule has 0 saturated carbocycles. The third-order valence-corrected chi connectivity index (χ3v) is 2.07. The average molecular weight is 156 g/mol. The van der Waals surface area contributed by atoms with E-state index in [-0.39, 0.29) is 6.61 Å². The van der Waals surface area contributed by atoms with Crippen LogP contribution in [-0.4, -0.2) is 11.7 Å². The highest BCUT2D eigenvalue weighted by Crippen LogP contribution is 2.13. The average Bonchev–Trinajstić information content (AvgIpc) is 1.99. The highest BCUT2D eigenvalue weighted by atomic mass is 16.3. The number of hydrogen-bond acceptors (Lipinski definition) is 1. The van der Waals surface area contributed by atoms with E-state index in [0.717, 1.165) is 6.42 Å². The van der Waals surface area contributed by atoms with Gasteiger partial charge in [-0.3, -0.25) is 0 Å². The van der Waals surface area contributed by atoms with Crippen LogP contribution in [0.2, 0.25) is 0 Å². The molecule has 0 rings (SSSR count). The molecule has 0 bridgehead atoms. The second-order valence-corrected chi connectivity index (χ2v) is 3.44. The van der Waals surface area contributed by atoms with Crippen molar-refractivity contribution < 1.29 is 5.11 Å². The van der Waals surface area contributed by atoms with Gasteiger partial charge in [0.25, 0.3) is 0 Å². The smallest absolute Gasteiger partial charge is 0.0644 e. The Morgan fingerprint density at radius 2 is 1.91 bits per heavy atom. The largest absolute Gasteiger partial charge is 0.392 e. The standard InChI is InChI=1S/C10H20O/c1-5-9(4)6-10(7-11)8(2)3/h6,8-9,11H,5,7H2,1-4H3/b10-6-. The van der Waals surface area contributed by atoms with E-state index in [4.69, 9.17) is 5.11 Å². The van der Waals surface area contributed by atoms with E-state index in [9.17, 15) is 0 Å². The van der Waals surface area contributed by atoms with Crippen molar-refractivity contribution in [3.8, 4) is 0 Å². The normalized spacial score (nSPS) is 15.6. The molecule has 0 aliphatic rings. The summed E-state index contributed by atoms with van der Waals surface area (Å²) in [4.78, 5) is 0. The van der Waals surface area contributed by atoms with E-state index >= 15 is 0 Å². The van der Waals surface area contributed by atoms with Gasteiger partial charge in [-0.15, -0.1) is 0 Å². The fourth-order valence-electron chi connectivity index (χ4n) is 0.911. The molecule has 1 atom stereocenters. The molecule has 0 aliphatic carbocycles. The first-order chi connectivity index (χ1) is 5.11. The van der Waals surface area contributed by atoms with E-state index in [2.05, 4.69) is 33.8 Å². The first kappa shape index (κ1) is 10.7. The summed E-state index contributed by atoms with van der Waals surface area (Å²) in [5.74, 6) is 1.08. The van der Waals surface area contributed by atoms with Crippen LogP contribution in [0.15, 0.2) is 11.6 Å². The molecular weight excluding hydrogens is 136 g/mol. The minimum atomic E-state index is 0.210. The van der Waals surface area contributed by atoms with Crippen LogP contribution < -0.4 is 0 Å². The van der Waals surface area contributed by atoms with Gasteiger partial charge < -0.3 is 5.11 Å². The lowest BCUT2D eigenvalue weighted by molar-refractivity contribution is 0.317. The summed E-state index contributed by atoms with van der Waals surface area (Å²) in [6.45, 7) is 8.78. The molecule has 66 valence electrons. The van der Waals surface area contributed by atoms with Crippen molar-refractivity contribution in [3.63, 3.8) is 0 Å². The maximum absolute atomic E-state index is 8.97. The van der Waals surface area contributed by atoms with Crippen molar-refractivity contribution in [1.29, 1.82) is 0 Å². The quantitative estimate of drug-likeness (QED) is 0.620. The molecule has 1 nitrogen and oxygen atoms in total. The number of rotatable bonds is 4. The maximum atomic E-state index is 8.97. The molecule has 0 radical (unpaired) electrons. The zero-order chi connectivity index (χ0) is 8.85. The molecule has 1 N–H and O–H groups in total. The monoisotopic (exact) mass is 156 g/mol. The fraction of sp³-hybridized carbons (Fsp3) is 0.800. The van der Waals surface area contributed by atoms with Gasteiger partial charge in [-0.2, -0.15) is 0 Å². The van der Waals surface area contributed by atoms with Gasteiger partial charge in [-0.25, -0.2) is 0 Å². The van der Waals surface area contributed by atoms with Gasteiger partial charge >= 0.3 is 0 Å². The third kappa shape index (κ3) is 4.20. The van der Waals surface area contributed by atoms with Gasteiger partial charge in [0, 0.05) is 0 Å². The molecule has 1 heteroatoms. The summed E-state index contributed by atoms with van der Waals surface area (Å²) in [7, 11) is 0. The predicted octanol–water partition coefficient (Wildman–Crippen LogP) is 2.61. The molecule has 0 heterocycles. The lowest BCUT2D eigenvalue weighted by Crippen LogP contribution is -2.01. The number of hydrogen-bond donors (Lipinski definition) is 1. The second kappa shape index (κ2) is 5.36. The Morgan fingerprint density at radius 1 is 1.36 bits per heavy atom. The summed E-state index contributed by atoms with van der Waals surface area (Å²) in [6.07, 6.45) is 3.33. The van der Waals surface area contributed by atoms with Crippen LogP contribution in [0.25, 0.3) is 0 Å². The summed E-state index contributed by atoms with van der Waals surface area (Å²) in [5, 5.41) is 8.97. The molecule has 11 heavy (non-hydrogen) atoms. The van der Waals surface area contributed by atoms with Crippen LogP contribution in [0.3, 0.4) is 0 Å². The SMILES string of the molecule is CCC(C)/C=C(/CO)C(C)C. The van der Waals surface area contributed by atoms with Crippen LogP contribution in [0.4, 0.5) is 0 Å². The Labute approximate surface area is 70.1 Å². The molecule has 0 aromatic rings. The topological polar surface area (TPSA) is 20.2 Å². The summed E-state index contributed by atoms with van der Waals surface area (Å²) < 4.78 is 0. The zero-order valence-corrected chi connectivity index (χ0v) is 8.09. The van der Waals surface area contributed by atoms with Crippen molar-refractivity contribution in [3.05, 3.63) is 11.6 Å². The van der Waals surface area contributed by atoms with Crippen LogP contribution in [0.5, 0.6) is 0 Å². The van der Waals surface area contributed by atoms with Crippen LogP contribution >= 0.6 is 0 Å². The molecule has 0 aromatic carbocycles. The number of aliphatic hydroxyl groups is 1. The first-order valence-electron chi connectivity index (χ1n) is 4.43. The fourth-order valence-corrected chi connectivity index (χ4v) is 0.911. The highest BCUT2D eigenvalue weighted by molar-refractivity contribution is 5.06. The molecule has 0 aliphatic heterocycles. The van der Waals surface area contributed by atoms with Crippen LogP contribution in [-0.2, 0) is 0 Å². The molecule has 0 fully saturated rings. The van der Waals surface area contributed by atoms with Gasteiger partial charge in [0.1, 0.15) is 0 Å². The summed E-state index contributed by atoms with van der Waals surface area (Å²) >= 11 is 0. The minimum Gasteiger partial charge on any atom is -0.392 e. The van der Waals surface area contributed by atoms with E-state index < -0.39 is 0 Å². The zero-order valence-electron chi connectivity index (χ0n) is 8.09. The van der Waals surface area contributed by atoms with Gasteiger partial charge in [0.05, 0.1) is 6.61 Å². The number of allylic oxidation sites excluding steroid dienone is 1. The Morgan fingerprint density at radius 3 is 2.18 bits per heavy atom. The Hall–Kier alpha value is -0.300. The molecule has 1 unspecified atom stereocenters. The molecular formula is C10H20O. The lowest BCUT2D eigenvalue weighted by atomic mass is 9.98. The van der Waals surface area contributed by atoms with Crippen molar-refractivity contribution in [1.82, 2.24) is 0 Å². The Kier molecular flexibility index (Phi) is 5.22. The summed E-state index contributed by atoms with van der Waals surface area (Å²) in [5.41, 5.74) is 1.17. The van der Waals surface area contributed by atoms with Gasteiger partial charge in [0.15, 0.2) is 0 Å². The van der Waals surface area contributed by atoms with E-state index in [1.807, 2.05) is 0 Å². The predicted molar refractivity (Wildman–Crippen MR) is 49.5 cm³/mol. The van der Waals surface area contributed by atoms with Crippen molar-refractivity contribution in [2.45, 2.75) is 34.1 Å². The third-order valence-electron chi connectivity index (χ3n) is 2.07. The lowest BCUT2D eigenvalue weighted by Gasteiger charge is -2.10. The second-order valence-electron chi connectivity index (χ2n) is 3.44. The van der Waals surface area contributed by atoms with Crippen LogP contribution in [0, 0.1) is 11.8 Å². The molecule has 0 amide bonds. The molecule has 0 saturated heterocycles. The molecule has 0 spiro atoms. The van der Waals surface area contributed by atoms with Crippen molar-refractivity contribution >= 4 is 0 Å². The van der Waals surface area contributed by atoms with Crippen LogP contribution in [0.1, 0.15) is 34.1 Å². The van der Waals surface area contributed by atoms with Crippen molar-refractivity contribution in [2.24, 2.45) is 11.8 Å². The number of aliphatic hydroxyl groups excluding tert-OH is 1. The van der Waals surface area contributed by atoms with E-state index in [1.165, 1.54) is 5.57 Å². The van der Waals surface area contributed by atoms with Crippen molar-refractivity contribution in [2.75, 3.05) is 6.61 Å². The molecule has 0 aromatic heterocycles. The Balaban J connectivity index is 4.10. The highest BCUT2D eigenvalue weighted by Gasteiger charge is 2.02. The minimum absolute atomic E-state index is 0.210. The van der Waals surface area contributed by atoms with E-state index in [0.29, 0.717) is 11.8 Å². The van der Waals surface area contributed by atoms with Gasteiger partial charge in [-0.05, 0) is 17.4 Å². The van der Waals surface area contributed by atoms with Gasteiger partial charge in [0.2, 0.25) is 0 Å².